The highest BCUT2D eigenvalue weighted by molar-refractivity contribution is 6.31. The van der Waals surface area contributed by atoms with Crippen LogP contribution in [0.3, 0.4) is 0 Å². The minimum atomic E-state index is -0.777. The van der Waals surface area contributed by atoms with E-state index in [-0.39, 0.29) is 26.4 Å². The van der Waals surface area contributed by atoms with Gasteiger partial charge in [-0.05, 0) is 126 Å². The number of hydrogen-bond donors (Lipinski definition) is 0. The molecule has 2 heterocycles. The number of benzene rings is 4. The molecule has 62 heavy (non-hydrogen) atoms. The number of carbonyl (C=O) groups excluding carboxylic acids is 2. The predicted molar refractivity (Wildman–Crippen MR) is 234 cm³/mol. The first-order valence-electron chi connectivity index (χ1n) is 19.1. The van der Waals surface area contributed by atoms with Gasteiger partial charge in [0.05, 0.1) is 45.9 Å². The quantitative estimate of drug-likeness (QED) is 0.0344. The number of oxime groups is 2. The molecular weight excluding hydrogens is 843 g/mol. The summed E-state index contributed by atoms with van der Waals surface area (Å²) < 4.78 is 32.9. The van der Waals surface area contributed by atoms with Crippen molar-refractivity contribution in [1.29, 1.82) is 0 Å². The minimum absolute atomic E-state index is 0.0924. The van der Waals surface area contributed by atoms with Crippen LogP contribution in [0.2, 0.25) is 10.0 Å². The second-order valence-corrected chi connectivity index (χ2v) is 14.3. The number of carbonyl (C=O) groups is 2. The van der Waals surface area contributed by atoms with Gasteiger partial charge < -0.3 is 38.1 Å². The summed E-state index contributed by atoms with van der Waals surface area (Å²) in [5, 5.41) is 8.71. The van der Waals surface area contributed by atoms with Crippen LogP contribution >= 0.6 is 23.2 Å². The van der Waals surface area contributed by atoms with E-state index in [1.54, 1.807) is 98.8 Å². The second-order valence-electron chi connectivity index (χ2n) is 13.4. The van der Waals surface area contributed by atoms with Gasteiger partial charge >= 0.3 is 11.9 Å². The third kappa shape index (κ3) is 15.4. The Bertz CT molecular complexity index is 2310. The van der Waals surface area contributed by atoms with Gasteiger partial charge in [-0.25, -0.2) is 29.5 Å². The first-order valence-corrected chi connectivity index (χ1v) is 19.9. The fourth-order valence-electron chi connectivity index (χ4n) is 4.89. The maximum absolute atomic E-state index is 12.0. The molecule has 0 unspecified atom stereocenters. The summed E-state index contributed by atoms with van der Waals surface area (Å²) in [6.07, 6.45) is 1.50. The van der Waals surface area contributed by atoms with Gasteiger partial charge in [0.25, 0.3) is 0 Å². The van der Waals surface area contributed by atoms with Crippen LogP contribution in [0.25, 0.3) is 22.1 Å². The summed E-state index contributed by atoms with van der Waals surface area (Å²) in [4.78, 5) is 51.3. The van der Waals surface area contributed by atoms with Crippen LogP contribution in [0.15, 0.2) is 108 Å². The van der Waals surface area contributed by atoms with Crippen molar-refractivity contribution in [3.8, 4) is 34.8 Å². The highest BCUT2D eigenvalue weighted by Crippen LogP contribution is 2.27. The summed E-state index contributed by atoms with van der Waals surface area (Å²) in [6.45, 7) is 11.0. The van der Waals surface area contributed by atoms with Crippen LogP contribution in [0.4, 0.5) is 0 Å². The summed E-state index contributed by atoms with van der Waals surface area (Å²) in [5.41, 5.74) is 4.29. The van der Waals surface area contributed by atoms with E-state index < -0.39 is 24.1 Å². The molecule has 2 aromatic heterocycles. The minimum Gasteiger partial charge on any atom is -0.479 e. The summed E-state index contributed by atoms with van der Waals surface area (Å²) >= 11 is 11.9. The number of aromatic nitrogens is 4. The van der Waals surface area contributed by atoms with Gasteiger partial charge in [0.1, 0.15) is 36.2 Å². The third-order valence-corrected chi connectivity index (χ3v) is 8.15. The maximum Gasteiger partial charge on any atom is 0.347 e. The van der Waals surface area contributed by atoms with Crippen LogP contribution in [-0.4, -0.2) is 81.9 Å². The molecule has 0 fully saturated rings. The predicted octanol–water partition coefficient (Wildman–Crippen LogP) is 9.60. The molecule has 0 spiro atoms. The number of hydrogen-bond acceptors (Lipinski definition) is 16. The van der Waals surface area contributed by atoms with Crippen LogP contribution in [0, 0.1) is 0 Å². The van der Waals surface area contributed by atoms with Gasteiger partial charge in [-0.3, -0.25) is 0 Å². The molecule has 18 heteroatoms. The highest BCUT2D eigenvalue weighted by Gasteiger charge is 2.18. The third-order valence-electron chi connectivity index (χ3n) is 7.68. The second kappa shape index (κ2) is 23.3. The SMILES string of the molecule is CC(C)=NOCCOC(=O)[C@@H](C)Oc1ccc(Oc2cnc3cc(Cl)ccc3n2)cc1.CC(C)=NOCCOC(=O)[C@@H](C)Oc1ccc(Oc2cnc3cc(Cl)ccc3n2)cc1. The van der Waals surface area contributed by atoms with E-state index in [2.05, 4.69) is 30.2 Å². The average Bonchev–Trinajstić information content (AvgIpc) is 3.24. The Hall–Kier alpha value is -6.78. The number of nitrogens with zero attached hydrogens (tertiary/aromatic N) is 6. The monoisotopic (exact) mass is 886 g/mol. The molecule has 0 bridgehead atoms. The van der Waals surface area contributed by atoms with Gasteiger partial charge in [-0.2, -0.15) is 0 Å². The van der Waals surface area contributed by atoms with Gasteiger partial charge in [0.2, 0.25) is 11.8 Å². The molecule has 16 nitrogen and oxygen atoms in total. The van der Waals surface area contributed by atoms with Crippen molar-refractivity contribution in [3.63, 3.8) is 0 Å². The first-order chi connectivity index (χ1) is 29.8. The zero-order chi connectivity index (χ0) is 44.4. The molecule has 0 aliphatic heterocycles. The van der Waals surface area contributed by atoms with Gasteiger partial charge in [0.15, 0.2) is 25.4 Å². The number of ether oxygens (including phenoxy) is 6. The fourth-order valence-corrected chi connectivity index (χ4v) is 5.23. The highest BCUT2D eigenvalue weighted by atomic mass is 35.5. The zero-order valence-corrected chi connectivity index (χ0v) is 36.3. The first kappa shape index (κ1) is 46.3. The van der Waals surface area contributed by atoms with E-state index >= 15 is 0 Å². The normalized spacial score (nSPS) is 11.5. The molecular formula is C44H44Cl2N6O10. The van der Waals surface area contributed by atoms with Crippen molar-refractivity contribution in [2.24, 2.45) is 10.3 Å². The van der Waals surface area contributed by atoms with E-state index in [4.69, 9.17) is 61.3 Å². The van der Waals surface area contributed by atoms with Crippen LogP contribution in [0.5, 0.6) is 34.8 Å². The van der Waals surface area contributed by atoms with Gasteiger partial charge in [0, 0.05) is 10.0 Å². The molecule has 0 aliphatic carbocycles. The summed E-state index contributed by atoms with van der Waals surface area (Å²) in [6, 6.07) is 24.1. The molecule has 4 aromatic carbocycles. The largest absolute Gasteiger partial charge is 0.479 e. The number of esters is 2. The molecule has 6 aromatic rings. The number of fused-ring (bicyclic) bond motifs is 2. The van der Waals surface area contributed by atoms with Crippen molar-refractivity contribution in [3.05, 3.63) is 107 Å². The van der Waals surface area contributed by atoms with Gasteiger partial charge in [-0.15, -0.1) is 0 Å². The zero-order valence-electron chi connectivity index (χ0n) is 34.7. The molecule has 0 saturated carbocycles. The molecule has 0 saturated heterocycles. The van der Waals surface area contributed by atoms with E-state index in [1.807, 2.05) is 27.7 Å². The van der Waals surface area contributed by atoms with E-state index in [1.165, 1.54) is 12.4 Å². The lowest BCUT2D eigenvalue weighted by molar-refractivity contribution is -0.153. The topological polar surface area (TPSA) is 184 Å². The molecule has 0 aliphatic rings. The Balaban J connectivity index is 0.000000234. The average molecular weight is 888 g/mol. The van der Waals surface area contributed by atoms with Crippen molar-refractivity contribution >= 4 is 68.6 Å². The Morgan fingerprint density at radius 1 is 0.532 bits per heavy atom. The Labute approximate surface area is 367 Å². The molecule has 0 amide bonds. The Morgan fingerprint density at radius 2 is 0.903 bits per heavy atom. The lowest BCUT2D eigenvalue weighted by Gasteiger charge is -2.14. The van der Waals surface area contributed by atoms with E-state index in [0.29, 0.717) is 66.9 Å². The Kier molecular flexibility index (Phi) is 17.4. The fraction of sp³-hybridized carbons (Fsp3) is 0.273. The van der Waals surface area contributed by atoms with Crippen molar-refractivity contribution in [1.82, 2.24) is 19.9 Å². The van der Waals surface area contributed by atoms with E-state index in [9.17, 15) is 9.59 Å². The van der Waals surface area contributed by atoms with E-state index in [0.717, 1.165) is 11.4 Å². The molecule has 2 atom stereocenters. The number of halogens is 2. The van der Waals surface area contributed by atoms with Crippen LogP contribution in [0.1, 0.15) is 41.5 Å². The number of rotatable bonds is 18. The summed E-state index contributed by atoms with van der Waals surface area (Å²) in [5.74, 6) is 1.82. The van der Waals surface area contributed by atoms with Crippen molar-refractivity contribution in [2.45, 2.75) is 53.8 Å². The van der Waals surface area contributed by atoms with Crippen LogP contribution in [-0.2, 0) is 28.7 Å². The van der Waals surface area contributed by atoms with Crippen LogP contribution < -0.4 is 18.9 Å². The maximum atomic E-state index is 12.0. The van der Waals surface area contributed by atoms with Crippen molar-refractivity contribution in [2.75, 3.05) is 26.4 Å². The smallest absolute Gasteiger partial charge is 0.347 e. The standard InChI is InChI=1S/2C22H22ClN3O5/c2*1-14(2)26-29-11-10-28-22(27)15(3)30-17-5-7-18(8-6-17)31-21-13-24-20-12-16(23)4-9-19(20)25-21/h2*4-9,12-13,15H,10-11H2,1-3H3/t2*15-/m11/s1. The lowest BCUT2D eigenvalue weighted by Crippen LogP contribution is -2.27. The Morgan fingerprint density at radius 3 is 1.27 bits per heavy atom. The molecule has 0 N–H and O–H groups in total. The summed E-state index contributed by atoms with van der Waals surface area (Å²) in [7, 11) is 0. The van der Waals surface area contributed by atoms with Crippen molar-refractivity contribution < 1.29 is 47.7 Å². The molecule has 324 valence electrons. The molecule has 0 radical (unpaired) electrons. The van der Waals surface area contributed by atoms with Gasteiger partial charge in [-0.1, -0.05) is 33.5 Å². The lowest BCUT2D eigenvalue weighted by atomic mass is 10.3. The molecule has 6 rings (SSSR count).